The van der Waals surface area contributed by atoms with Crippen molar-refractivity contribution >= 4 is 11.3 Å². The summed E-state index contributed by atoms with van der Waals surface area (Å²) in [5.74, 6) is -2.92. The molecule has 4 nitrogen and oxygen atoms in total. The molecular weight excluding hydrogens is 198 g/mol. The van der Waals surface area contributed by atoms with Crippen LogP contribution in [0.2, 0.25) is 0 Å². The summed E-state index contributed by atoms with van der Waals surface area (Å²) >= 11 is 0.854. The van der Waals surface area contributed by atoms with Crippen molar-refractivity contribution < 1.29 is 8.78 Å². The highest BCUT2D eigenvalue weighted by Crippen LogP contribution is 2.30. The van der Waals surface area contributed by atoms with Crippen molar-refractivity contribution in [2.24, 2.45) is 5.11 Å². The topological polar surface area (TPSA) is 61.7 Å². The molecule has 0 saturated carbocycles. The third kappa shape index (κ3) is 2.64. The van der Waals surface area contributed by atoms with E-state index in [0.29, 0.717) is 4.88 Å². The highest BCUT2D eigenvalue weighted by atomic mass is 32.1. The number of thiazole rings is 1. The van der Waals surface area contributed by atoms with Crippen LogP contribution in [0, 0.1) is 0 Å². The summed E-state index contributed by atoms with van der Waals surface area (Å²) in [6, 6.07) is 0. The highest BCUT2D eigenvalue weighted by Gasteiger charge is 2.28. The van der Waals surface area contributed by atoms with Gasteiger partial charge in [0.25, 0.3) is 5.92 Å². The van der Waals surface area contributed by atoms with Crippen molar-refractivity contribution in [1.29, 1.82) is 0 Å². The van der Waals surface area contributed by atoms with Gasteiger partial charge in [-0.15, -0.1) is 11.3 Å². The van der Waals surface area contributed by atoms with Gasteiger partial charge >= 0.3 is 0 Å². The van der Waals surface area contributed by atoms with E-state index in [4.69, 9.17) is 5.53 Å². The Morgan fingerprint density at radius 3 is 2.92 bits per heavy atom. The zero-order chi connectivity index (χ0) is 9.90. The Morgan fingerprint density at radius 1 is 1.77 bits per heavy atom. The Morgan fingerprint density at radius 2 is 2.46 bits per heavy atom. The molecule has 0 aliphatic carbocycles. The molecule has 0 radical (unpaired) electrons. The average Bonchev–Trinajstić information content (AvgIpc) is 2.47. The summed E-state index contributed by atoms with van der Waals surface area (Å²) in [6.07, 6.45) is 1.30. The molecule has 0 N–H and O–H groups in total. The van der Waals surface area contributed by atoms with Crippen molar-refractivity contribution in [2.45, 2.75) is 19.4 Å². The SMILES string of the molecule is CC(F)(F)c1ncc(CN=[N+]=[N-])s1. The number of azide groups is 1. The van der Waals surface area contributed by atoms with E-state index in [1.54, 1.807) is 0 Å². The second-order valence-electron chi connectivity index (χ2n) is 2.41. The quantitative estimate of drug-likeness (QED) is 0.424. The van der Waals surface area contributed by atoms with Crippen LogP contribution in [-0.2, 0) is 12.5 Å². The summed E-state index contributed by atoms with van der Waals surface area (Å²) in [4.78, 5) is 6.58. The smallest absolute Gasteiger partial charge is 0.243 e. The van der Waals surface area contributed by atoms with Gasteiger partial charge in [0.1, 0.15) is 0 Å². The fourth-order valence-corrected chi connectivity index (χ4v) is 1.45. The molecule has 0 unspecified atom stereocenters. The lowest BCUT2D eigenvalue weighted by molar-refractivity contribution is 0.0172. The molecule has 0 atom stereocenters. The molecule has 0 bridgehead atoms. The Kier molecular flexibility index (Phi) is 2.79. The lowest BCUT2D eigenvalue weighted by Crippen LogP contribution is -2.05. The van der Waals surface area contributed by atoms with Crippen LogP contribution in [-0.4, -0.2) is 4.98 Å². The summed E-state index contributed by atoms with van der Waals surface area (Å²) in [7, 11) is 0. The maximum Gasteiger partial charge on any atom is 0.296 e. The summed E-state index contributed by atoms with van der Waals surface area (Å²) in [5.41, 5.74) is 7.99. The third-order valence-electron chi connectivity index (χ3n) is 1.22. The van der Waals surface area contributed by atoms with Gasteiger partial charge in [-0.3, -0.25) is 0 Å². The standard InChI is InChI=1S/C6H6F2N4S/c1-6(7,8)5-10-2-4(13-5)3-11-12-9/h2H,3H2,1H3. The largest absolute Gasteiger partial charge is 0.296 e. The van der Waals surface area contributed by atoms with Crippen molar-refractivity contribution in [3.8, 4) is 0 Å². The van der Waals surface area contributed by atoms with Gasteiger partial charge in [0, 0.05) is 22.9 Å². The zero-order valence-corrected chi connectivity index (χ0v) is 7.55. The summed E-state index contributed by atoms with van der Waals surface area (Å²) in [5, 5.41) is 2.99. The van der Waals surface area contributed by atoms with Crippen LogP contribution in [0.4, 0.5) is 8.78 Å². The van der Waals surface area contributed by atoms with Gasteiger partial charge in [0.2, 0.25) is 0 Å². The normalized spacial score (nSPS) is 11.0. The zero-order valence-electron chi connectivity index (χ0n) is 6.74. The molecule has 0 spiro atoms. The van der Waals surface area contributed by atoms with Crippen LogP contribution in [0.15, 0.2) is 11.3 Å². The van der Waals surface area contributed by atoms with E-state index < -0.39 is 5.92 Å². The maximum atomic E-state index is 12.6. The van der Waals surface area contributed by atoms with Gasteiger partial charge in [-0.2, -0.15) is 8.78 Å². The number of aromatic nitrogens is 1. The first kappa shape index (κ1) is 9.88. The molecule has 1 rings (SSSR count). The number of nitrogens with zero attached hydrogens (tertiary/aromatic N) is 4. The molecule has 1 aromatic rings. The van der Waals surface area contributed by atoms with E-state index >= 15 is 0 Å². The van der Waals surface area contributed by atoms with Crippen molar-refractivity contribution in [1.82, 2.24) is 4.98 Å². The molecule has 7 heteroatoms. The van der Waals surface area contributed by atoms with E-state index in [2.05, 4.69) is 15.0 Å². The second-order valence-corrected chi connectivity index (χ2v) is 3.52. The molecule has 0 saturated heterocycles. The molecule has 1 heterocycles. The van der Waals surface area contributed by atoms with E-state index in [1.807, 2.05) is 0 Å². The lowest BCUT2D eigenvalue weighted by atomic mass is 10.4. The molecule has 13 heavy (non-hydrogen) atoms. The number of halogens is 2. The minimum atomic E-state index is -2.92. The van der Waals surface area contributed by atoms with Crippen LogP contribution in [0.25, 0.3) is 10.4 Å². The van der Waals surface area contributed by atoms with Crippen LogP contribution in [0.5, 0.6) is 0 Å². The van der Waals surface area contributed by atoms with Gasteiger partial charge in [0.05, 0.1) is 6.54 Å². The number of alkyl halides is 2. The number of rotatable bonds is 3. The molecule has 0 aromatic carbocycles. The molecule has 70 valence electrons. The Balaban J connectivity index is 2.80. The first-order chi connectivity index (χ1) is 6.04. The Hall–Kier alpha value is -1.20. The fraction of sp³-hybridized carbons (Fsp3) is 0.500. The molecule has 0 fully saturated rings. The van der Waals surface area contributed by atoms with Gasteiger partial charge in [-0.1, -0.05) is 5.11 Å². The molecular formula is C6H6F2N4S. The summed E-state index contributed by atoms with van der Waals surface area (Å²) < 4.78 is 25.3. The van der Waals surface area contributed by atoms with Gasteiger partial charge in [-0.05, 0) is 5.53 Å². The minimum Gasteiger partial charge on any atom is -0.243 e. The minimum absolute atomic E-state index is 0.0737. The first-order valence-electron chi connectivity index (χ1n) is 3.38. The van der Waals surface area contributed by atoms with Gasteiger partial charge in [0.15, 0.2) is 5.01 Å². The van der Waals surface area contributed by atoms with Crippen LogP contribution in [0.1, 0.15) is 16.8 Å². The van der Waals surface area contributed by atoms with Crippen molar-refractivity contribution in [3.63, 3.8) is 0 Å². The highest BCUT2D eigenvalue weighted by molar-refractivity contribution is 7.11. The van der Waals surface area contributed by atoms with Crippen LogP contribution in [0.3, 0.4) is 0 Å². The van der Waals surface area contributed by atoms with E-state index in [1.165, 1.54) is 6.20 Å². The van der Waals surface area contributed by atoms with Gasteiger partial charge in [-0.25, -0.2) is 4.98 Å². The summed E-state index contributed by atoms with van der Waals surface area (Å²) in [6.45, 7) is 0.855. The lowest BCUT2D eigenvalue weighted by Gasteiger charge is -2.03. The predicted octanol–water partition coefficient (Wildman–Crippen LogP) is 3.07. The van der Waals surface area contributed by atoms with Gasteiger partial charge < -0.3 is 0 Å². The number of hydrogen-bond acceptors (Lipinski definition) is 3. The van der Waals surface area contributed by atoms with E-state index in [-0.39, 0.29) is 11.6 Å². The average molecular weight is 204 g/mol. The van der Waals surface area contributed by atoms with Crippen molar-refractivity contribution in [3.05, 3.63) is 26.5 Å². The maximum absolute atomic E-state index is 12.6. The Bertz CT molecular complexity index is 337. The Labute approximate surface area is 76.9 Å². The molecule has 1 aromatic heterocycles. The second kappa shape index (κ2) is 3.68. The number of hydrogen-bond donors (Lipinski definition) is 0. The first-order valence-corrected chi connectivity index (χ1v) is 4.19. The monoisotopic (exact) mass is 204 g/mol. The van der Waals surface area contributed by atoms with Crippen molar-refractivity contribution in [2.75, 3.05) is 0 Å². The third-order valence-corrected chi connectivity index (χ3v) is 2.37. The molecule has 0 aliphatic heterocycles. The van der Waals surface area contributed by atoms with Crippen LogP contribution >= 0.6 is 11.3 Å². The fourth-order valence-electron chi connectivity index (χ4n) is 0.685. The van der Waals surface area contributed by atoms with E-state index in [9.17, 15) is 8.78 Å². The van der Waals surface area contributed by atoms with E-state index in [0.717, 1.165) is 18.3 Å². The molecule has 0 aliphatic rings. The van der Waals surface area contributed by atoms with Crippen LogP contribution < -0.4 is 0 Å². The molecule has 0 amide bonds. The predicted molar refractivity (Wildman–Crippen MR) is 44.5 cm³/mol.